The normalized spacial score (nSPS) is 15.3. The number of halogens is 4. The molecule has 3 aromatic rings. The zero-order chi connectivity index (χ0) is 23.9. The maximum absolute atomic E-state index is 13.5. The van der Waals surface area contributed by atoms with Gasteiger partial charge in [0.05, 0.1) is 28.6 Å². The van der Waals surface area contributed by atoms with Gasteiger partial charge in [-0.3, -0.25) is 4.79 Å². The van der Waals surface area contributed by atoms with Crippen molar-refractivity contribution >= 4 is 51.5 Å². The van der Waals surface area contributed by atoms with E-state index in [1.165, 1.54) is 6.07 Å². The molecule has 0 fully saturated rings. The van der Waals surface area contributed by atoms with E-state index in [1.807, 2.05) is 10.6 Å². The Morgan fingerprint density at radius 1 is 1.24 bits per heavy atom. The maximum Gasteiger partial charge on any atom is 0.419 e. The topological polar surface area (TPSA) is 60.7 Å². The van der Waals surface area contributed by atoms with Crippen LogP contribution in [0.5, 0.6) is 11.5 Å². The van der Waals surface area contributed by atoms with Crippen molar-refractivity contribution in [3.63, 3.8) is 0 Å². The zero-order valence-electron chi connectivity index (χ0n) is 18.1. The largest absolute Gasteiger partial charge is 0.490 e. The number of fused-ring (bicyclic) bond motifs is 3. The molecule has 34 heavy (non-hydrogen) atoms. The van der Waals surface area contributed by atoms with Crippen molar-refractivity contribution in [1.29, 1.82) is 0 Å². The zero-order valence-corrected chi connectivity index (χ0v) is 18.8. The monoisotopic (exact) mass is 507 g/mol. The Kier molecular flexibility index (Phi) is 7.99. The highest BCUT2D eigenvalue weighted by Gasteiger charge is 2.35. The predicted molar refractivity (Wildman–Crippen MR) is 127 cm³/mol. The minimum atomic E-state index is -4.55. The van der Waals surface area contributed by atoms with Gasteiger partial charge in [0.25, 0.3) is 0 Å². The molecule has 0 saturated heterocycles. The Bertz CT molecular complexity index is 1210. The lowest BCUT2D eigenvalue weighted by atomic mass is 10.0. The molecule has 4 rings (SSSR count). The van der Waals surface area contributed by atoms with Gasteiger partial charge in [0.1, 0.15) is 18.1 Å². The molecule has 1 aliphatic heterocycles. The van der Waals surface area contributed by atoms with E-state index in [-0.39, 0.29) is 53.9 Å². The molecular weight excluding hydrogens is 483 g/mol. The van der Waals surface area contributed by atoms with E-state index in [1.54, 1.807) is 32.0 Å². The molecule has 1 aliphatic rings. The van der Waals surface area contributed by atoms with E-state index in [0.717, 1.165) is 22.7 Å². The summed E-state index contributed by atoms with van der Waals surface area (Å²) in [6, 6.07) is 9.19. The number of carbonyl (C=O) groups is 1. The van der Waals surface area contributed by atoms with Gasteiger partial charge in [-0.1, -0.05) is 17.7 Å². The van der Waals surface area contributed by atoms with Crippen molar-refractivity contribution in [3.05, 3.63) is 58.2 Å². The summed E-state index contributed by atoms with van der Waals surface area (Å²) in [6.07, 6.45) is -4.21. The highest BCUT2D eigenvalue weighted by atomic mass is 35.5. The van der Waals surface area contributed by atoms with Gasteiger partial charge in [0.2, 0.25) is 0 Å². The Morgan fingerprint density at radius 3 is 2.62 bits per heavy atom. The molecule has 1 N–H and O–H groups in total. The Hall–Kier alpha value is -2.10. The Morgan fingerprint density at radius 2 is 1.97 bits per heavy atom. The third-order valence-electron chi connectivity index (χ3n) is 5.64. The number of hydrogen-bond acceptors (Lipinski definition) is 3. The number of carboxylic acids is 1. The minimum absolute atomic E-state index is 0. The summed E-state index contributed by atoms with van der Waals surface area (Å²) in [5, 5.41) is 10.4. The van der Waals surface area contributed by atoms with Crippen LogP contribution in [0.1, 0.15) is 49.4 Å². The summed E-state index contributed by atoms with van der Waals surface area (Å²) >= 11 is 6.59. The number of benzene rings is 2. The van der Waals surface area contributed by atoms with Gasteiger partial charge in [-0.25, -0.2) is 0 Å². The lowest BCUT2D eigenvalue weighted by Gasteiger charge is -2.17. The van der Waals surface area contributed by atoms with E-state index in [0.29, 0.717) is 29.3 Å². The molecule has 1 atom stereocenters. The van der Waals surface area contributed by atoms with Crippen LogP contribution in [0.25, 0.3) is 10.9 Å². The molecule has 0 bridgehead atoms. The second-order valence-electron chi connectivity index (χ2n) is 8.40. The highest BCUT2D eigenvalue weighted by molar-refractivity contribution is 6.36. The van der Waals surface area contributed by atoms with Crippen molar-refractivity contribution in [2.75, 3.05) is 0 Å². The fraction of sp³-hybridized carbons (Fsp3) is 0.375. The van der Waals surface area contributed by atoms with E-state index in [4.69, 9.17) is 26.2 Å². The Labute approximate surface area is 215 Å². The first-order valence-corrected chi connectivity index (χ1v) is 11.0. The van der Waals surface area contributed by atoms with Gasteiger partial charge >= 0.3 is 35.2 Å². The molecule has 0 aliphatic carbocycles. The van der Waals surface area contributed by atoms with E-state index in [9.17, 15) is 18.0 Å². The Balaban J connectivity index is 0.00000324. The first-order chi connectivity index (χ1) is 15.5. The van der Waals surface area contributed by atoms with Gasteiger partial charge in [-0.15, -0.1) is 0 Å². The van der Waals surface area contributed by atoms with Gasteiger partial charge < -0.3 is 19.1 Å². The molecule has 2 aromatic carbocycles. The fourth-order valence-corrected chi connectivity index (χ4v) is 4.69. The summed E-state index contributed by atoms with van der Waals surface area (Å²) in [7, 11) is 0. The van der Waals surface area contributed by atoms with Crippen molar-refractivity contribution in [2.24, 2.45) is 0 Å². The number of alkyl halides is 3. The van der Waals surface area contributed by atoms with Crippen LogP contribution in [0.4, 0.5) is 13.2 Å². The van der Waals surface area contributed by atoms with Gasteiger partial charge in [-0.2, -0.15) is 13.2 Å². The molecule has 0 amide bonds. The van der Waals surface area contributed by atoms with E-state index >= 15 is 0 Å². The molecule has 10 heteroatoms. The van der Waals surface area contributed by atoms with Crippen LogP contribution in [-0.4, -0.2) is 44.8 Å². The summed E-state index contributed by atoms with van der Waals surface area (Å²) in [4.78, 5) is 11.2. The number of ether oxygens (including phenoxy) is 2. The first-order valence-electron chi connectivity index (χ1n) is 10.6. The molecule has 5 nitrogen and oxygen atoms in total. The number of aliphatic carboxylic acids is 1. The van der Waals surface area contributed by atoms with Crippen LogP contribution < -0.4 is 9.47 Å². The van der Waals surface area contributed by atoms with Crippen molar-refractivity contribution in [2.45, 2.75) is 58.0 Å². The summed E-state index contributed by atoms with van der Waals surface area (Å²) < 4.78 is 53.5. The summed E-state index contributed by atoms with van der Waals surface area (Å²) in [5.41, 5.74) is 1.20. The molecule has 2 heterocycles. The average Bonchev–Trinajstić information content (AvgIpc) is 3.25. The van der Waals surface area contributed by atoms with Crippen LogP contribution in [0, 0.1) is 0 Å². The number of carboxylic acid groups (broad SMARTS) is 1. The summed E-state index contributed by atoms with van der Waals surface area (Å²) in [5.74, 6) is -0.783. The molecule has 1 aromatic heterocycles. The maximum atomic E-state index is 13.5. The molecule has 0 saturated carbocycles. The van der Waals surface area contributed by atoms with Crippen LogP contribution in [0.2, 0.25) is 5.02 Å². The minimum Gasteiger partial charge on any atom is -0.490 e. The molecule has 0 spiro atoms. The highest BCUT2D eigenvalue weighted by Crippen LogP contribution is 2.44. The number of nitrogens with zero attached hydrogens (tertiary/aromatic N) is 1. The third-order valence-corrected chi connectivity index (χ3v) is 6.03. The molecule has 0 radical (unpaired) electrons. The number of rotatable bonds is 7. The SMILES string of the molecule is CC(C)Oc1ccc(COc2ccc3c(c2)c(Cl)c2n3CC[C@@H]2CC(=O)O)cc1C(F)(F)F.[MgH2]. The summed E-state index contributed by atoms with van der Waals surface area (Å²) in [6.45, 7) is 3.95. The van der Waals surface area contributed by atoms with Gasteiger partial charge in [0, 0.05) is 23.5 Å². The van der Waals surface area contributed by atoms with Crippen LogP contribution in [-0.2, 0) is 24.1 Å². The van der Waals surface area contributed by atoms with Gasteiger partial charge in [-0.05, 0) is 56.2 Å². The number of hydrogen-bond donors (Lipinski definition) is 1. The predicted octanol–water partition coefficient (Wildman–Crippen LogP) is 5.73. The average molecular weight is 508 g/mol. The lowest BCUT2D eigenvalue weighted by molar-refractivity contribution is -0.139. The first kappa shape index (κ1) is 26.5. The molecular formula is C24H25ClF3MgNO4. The molecule has 0 unspecified atom stereocenters. The second-order valence-corrected chi connectivity index (χ2v) is 8.77. The standard InChI is InChI=1S/C24H23ClF3NO4.Mg.2H/c1-13(2)33-20-6-3-14(9-18(20)24(26,27)28)12-32-16-4-5-19-17(11-16)22(25)23-15(10-21(30)31)7-8-29(19)23;;;/h3-6,9,11,13,15H,7-8,10,12H2,1-2H3,(H,30,31);;;/t15-;;;/m1.../s1. The van der Waals surface area contributed by atoms with Gasteiger partial charge in [0.15, 0.2) is 0 Å². The fourth-order valence-electron chi connectivity index (χ4n) is 4.29. The number of aryl methyl sites for hydroxylation is 1. The van der Waals surface area contributed by atoms with Crippen molar-refractivity contribution < 1.29 is 32.5 Å². The second kappa shape index (κ2) is 10.3. The van der Waals surface area contributed by atoms with E-state index < -0.39 is 17.7 Å². The van der Waals surface area contributed by atoms with Crippen LogP contribution in [0.3, 0.4) is 0 Å². The quantitative estimate of drug-likeness (QED) is 0.415. The smallest absolute Gasteiger partial charge is 0.419 e. The van der Waals surface area contributed by atoms with Crippen LogP contribution in [0.15, 0.2) is 36.4 Å². The van der Waals surface area contributed by atoms with Crippen molar-refractivity contribution in [1.82, 2.24) is 4.57 Å². The lowest BCUT2D eigenvalue weighted by Crippen LogP contribution is -2.13. The van der Waals surface area contributed by atoms with Crippen LogP contribution >= 0.6 is 11.6 Å². The van der Waals surface area contributed by atoms with Crippen molar-refractivity contribution in [3.8, 4) is 11.5 Å². The van der Waals surface area contributed by atoms with E-state index in [2.05, 4.69) is 0 Å². The third kappa shape index (κ3) is 5.42. The molecule has 180 valence electrons. The number of aromatic nitrogens is 1.